The number of rotatable bonds is 6. The van der Waals surface area contributed by atoms with Crippen molar-refractivity contribution in [2.75, 3.05) is 11.9 Å². The van der Waals surface area contributed by atoms with E-state index in [1.54, 1.807) is 17.5 Å². The number of hydrogen-bond acceptors (Lipinski definition) is 5. The normalized spacial score (nSPS) is 11.2. The number of carbonyl (C=O) groups excluding carboxylic acids is 2. The van der Waals surface area contributed by atoms with Crippen LogP contribution in [0.4, 0.5) is 10.5 Å². The highest BCUT2D eigenvalue weighted by molar-refractivity contribution is 7.09. The third-order valence-electron chi connectivity index (χ3n) is 3.17. The summed E-state index contributed by atoms with van der Waals surface area (Å²) in [5.74, 6) is -0.226. The summed E-state index contributed by atoms with van der Waals surface area (Å²) >= 11 is 1.43. The Balaban J connectivity index is 0.00000288. The largest absolute Gasteiger partial charge is 0.351 e. The smallest absolute Gasteiger partial charge is 0.316 e. The molecule has 0 aliphatic rings. The maximum Gasteiger partial charge on any atom is 0.316 e. The van der Waals surface area contributed by atoms with E-state index in [-0.39, 0.29) is 24.4 Å². The Kier molecular flexibility index (Phi) is 7.63. The predicted octanol–water partition coefficient (Wildman–Crippen LogP) is 2.05. The first-order valence-electron chi connectivity index (χ1n) is 7.11. The minimum absolute atomic E-state index is 0. The number of nitrogens with two attached hydrogens (primary N) is 2. The van der Waals surface area contributed by atoms with Gasteiger partial charge in [0.25, 0.3) is 5.91 Å². The number of hydrogen-bond donors (Lipinski definition) is 4. The summed E-state index contributed by atoms with van der Waals surface area (Å²) < 4.78 is 0. The zero-order chi connectivity index (χ0) is 16.8. The van der Waals surface area contributed by atoms with Gasteiger partial charge in [0.2, 0.25) is 0 Å². The number of aromatic nitrogens is 1. The molecule has 1 heterocycles. The number of nitrogens with zero attached hydrogens (tertiary/aromatic N) is 1. The molecule has 0 aliphatic carbocycles. The van der Waals surface area contributed by atoms with Gasteiger partial charge in [0.1, 0.15) is 5.69 Å². The van der Waals surface area contributed by atoms with Crippen molar-refractivity contribution in [3.63, 3.8) is 0 Å². The molecule has 0 saturated carbocycles. The summed E-state index contributed by atoms with van der Waals surface area (Å²) in [6.07, 6.45) is 0.668. The fourth-order valence-corrected chi connectivity index (χ4v) is 2.80. The maximum absolute atomic E-state index is 12.2. The first kappa shape index (κ1) is 19.9. The molecule has 3 amide bonds. The highest BCUT2D eigenvalue weighted by Crippen LogP contribution is 2.17. The molecule has 1 aromatic heterocycles. The van der Waals surface area contributed by atoms with Gasteiger partial charge in [0, 0.05) is 17.5 Å². The summed E-state index contributed by atoms with van der Waals surface area (Å²) in [6.45, 7) is 2.39. The molecule has 1 unspecified atom stereocenters. The van der Waals surface area contributed by atoms with E-state index < -0.39 is 6.03 Å². The van der Waals surface area contributed by atoms with Gasteiger partial charge in [-0.15, -0.1) is 23.7 Å². The standard InChI is InChI=1S/C15H19N5O2S.ClH/c1-9(10-2-4-11(5-3-10)19-15(17)22)18-14(21)12-8-23-13(20-12)6-7-16;/h2-5,8-9H,6-7,16H2,1H3,(H,18,21)(H3,17,19,22);1H. The van der Waals surface area contributed by atoms with Gasteiger partial charge in [-0.05, 0) is 31.2 Å². The molecule has 0 spiro atoms. The lowest BCUT2D eigenvalue weighted by Crippen LogP contribution is -2.27. The first-order valence-corrected chi connectivity index (χ1v) is 7.99. The zero-order valence-corrected chi connectivity index (χ0v) is 14.7. The number of primary amides is 1. The molecule has 9 heteroatoms. The number of carbonyl (C=O) groups is 2. The molecule has 0 saturated heterocycles. The van der Waals surface area contributed by atoms with Crippen LogP contribution in [0.3, 0.4) is 0 Å². The van der Waals surface area contributed by atoms with Gasteiger partial charge in [-0.1, -0.05) is 12.1 Å². The van der Waals surface area contributed by atoms with Crippen LogP contribution in [-0.4, -0.2) is 23.5 Å². The van der Waals surface area contributed by atoms with Crippen molar-refractivity contribution in [3.05, 3.63) is 45.9 Å². The number of thiazole rings is 1. The molecule has 6 N–H and O–H groups in total. The van der Waals surface area contributed by atoms with Crippen molar-refractivity contribution in [1.82, 2.24) is 10.3 Å². The summed E-state index contributed by atoms with van der Waals surface area (Å²) in [4.78, 5) is 27.2. The molecule has 2 rings (SSSR count). The zero-order valence-electron chi connectivity index (χ0n) is 13.1. The molecule has 1 atom stereocenters. The highest BCUT2D eigenvalue weighted by atomic mass is 35.5. The van der Waals surface area contributed by atoms with E-state index in [9.17, 15) is 9.59 Å². The fourth-order valence-electron chi connectivity index (χ4n) is 2.00. The summed E-state index contributed by atoms with van der Waals surface area (Å²) in [5, 5.41) is 7.96. The molecule has 130 valence electrons. The van der Waals surface area contributed by atoms with Crippen LogP contribution in [-0.2, 0) is 6.42 Å². The Labute approximate surface area is 150 Å². The SMILES string of the molecule is CC(NC(=O)c1csc(CCN)n1)c1ccc(NC(N)=O)cc1.Cl. The van der Waals surface area contributed by atoms with Crippen LogP contribution in [0.15, 0.2) is 29.6 Å². The van der Waals surface area contributed by atoms with Crippen LogP contribution >= 0.6 is 23.7 Å². The second kappa shape index (κ2) is 9.21. The third-order valence-corrected chi connectivity index (χ3v) is 4.08. The number of nitrogens with one attached hydrogen (secondary N) is 2. The minimum Gasteiger partial charge on any atom is -0.351 e. The minimum atomic E-state index is -0.615. The fraction of sp³-hybridized carbons (Fsp3) is 0.267. The van der Waals surface area contributed by atoms with Crippen molar-refractivity contribution in [1.29, 1.82) is 0 Å². The quantitative estimate of drug-likeness (QED) is 0.622. The van der Waals surface area contributed by atoms with Gasteiger partial charge < -0.3 is 22.1 Å². The maximum atomic E-state index is 12.2. The van der Waals surface area contributed by atoms with Crippen LogP contribution in [0.2, 0.25) is 0 Å². The molecule has 0 fully saturated rings. The van der Waals surface area contributed by atoms with Crippen LogP contribution in [0.5, 0.6) is 0 Å². The number of halogens is 1. The lowest BCUT2D eigenvalue weighted by atomic mass is 10.1. The molecular formula is C15H20ClN5O2S. The Bertz CT molecular complexity index is 689. The van der Waals surface area contributed by atoms with E-state index in [1.807, 2.05) is 19.1 Å². The van der Waals surface area contributed by atoms with Crippen molar-refractivity contribution in [2.24, 2.45) is 11.5 Å². The van der Waals surface area contributed by atoms with E-state index in [0.717, 1.165) is 10.6 Å². The summed E-state index contributed by atoms with van der Waals surface area (Å²) in [7, 11) is 0. The Hall–Kier alpha value is -2.16. The van der Waals surface area contributed by atoms with Crippen molar-refractivity contribution in [3.8, 4) is 0 Å². The van der Waals surface area contributed by atoms with Gasteiger partial charge in [0.05, 0.1) is 11.0 Å². The third kappa shape index (κ3) is 5.48. The average Bonchev–Trinajstić information content (AvgIpc) is 2.96. The number of urea groups is 1. The van der Waals surface area contributed by atoms with Crippen molar-refractivity contribution in [2.45, 2.75) is 19.4 Å². The van der Waals surface area contributed by atoms with Gasteiger partial charge in [-0.2, -0.15) is 0 Å². The molecule has 0 bridgehead atoms. The lowest BCUT2D eigenvalue weighted by molar-refractivity contribution is 0.0935. The molecule has 7 nitrogen and oxygen atoms in total. The molecule has 2 aromatic rings. The molecule has 0 aliphatic heterocycles. The molecule has 1 aromatic carbocycles. The van der Waals surface area contributed by atoms with Gasteiger partial charge >= 0.3 is 6.03 Å². The molecule has 24 heavy (non-hydrogen) atoms. The Morgan fingerprint density at radius 2 is 1.96 bits per heavy atom. The van der Waals surface area contributed by atoms with Crippen LogP contribution in [0.25, 0.3) is 0 Å². The van der Waals surface area contributed by atoms with Crippen molar-refractivity contribution < 1.29 is 9.59 Å². The number of anilines is 1. The summed E-state index contributed by atoms with van der Waals surface area (Å²) in [5.41, 5.74) is 12.4. The lowest BCUT2D eigenvalue weighted by Gasteiger charge is -2.14. The Morgan fingerprint density at radius 1 is 1.29 bits per heavy atom. The van der Waals surface area contributed by atoms with Crippen LogP contribution in [0.1, 0.15) is 34.0 Å². The molecular weight excluding hydrogens is 350 g/mol. The van der Waals surface area contributed by atoms with Gasteiger partial charge in [-0.25, -0.2) is 9.78 Å². The molecule has 0 radical (unpaired) electrons. The second-order valence-electron chi connectivity index (χ2n) is 4.97. The van der Waals surface area contributed by atoms with E-state index in [1.165, 1.54) is 11.3 Å². The van der Waals surface area contributed by atoms with E-state index >= 15 is 0 Å². The monoisotopic (exact) mass is 369 g/mol. The van der Waals surface area contributed by atoms with E-state index in [4.69, 9.17) is 11.5 Å². The summed E-state index contributed by atoms with van der Waals surface area (Å²) in [6, 6.07) is 6.28. The highest BCUT2D eigenvalue weighted by Gasteiger charge is 2.14. The van der Waals surface area contributed by atoms with Crippen LogP contribution in [0, 0.1) is 0 Å². The van der Waals surface area contributed by atoms with Gasteiger partial charge in [0.15, 0.2) is 0 Å². The topological polar surface area (TPSA) is 123 Å². The Morgan fingerprint density at radius 3 is 2.54 bits per heavy atom. The average molecular weight is 370 g/mol. The predicted molar refractivity (Wildman–Crippen MR) is 97.6 cm³/mol. The second-order valence-corrected chi connectivity index (χ2v) is 5.91. The first-order chi connectivity index (χ1) is 11.0. The van der Waals surface area contributed by atoms with Crippen molar-refractivity contribution >= 4 is 41.4 Å². The van der Waals surface area contributed by atoms with Crippen LogP contribution < -0.4 is 22.1 Å². The number of benzene rings is 1. The van der Waals surface area contributed by atoms with E-state index in [2.05, 4.69) is 15.6 Å². The van der Waals surface area contributed by atoms with E-state index in [0.29, 0.717) is 24.3 Å². The number of amides is 3. The van der Waals surface area contributed by atoms with Gasteiger partial charge in [-0.3, -0.25) is 4.79 Å².